The van der Waals surface area contributed by atoms with Crippen molar-refractivity contribution >= 4 is 29.3 Å². The maximum absolute atomic E-state index is 11.9. The highest BCUT2D eigenvalue weighted by Gasteiger charge is 2.15. The van der Waals surface area contributed by atoms with Gasteiger partial charge < -0.3 is 11.1 Å². The maximum Gasteiger partial charge on any atom is 0.237 e. The van der Waals surface area contributed by atoms with Crippen molar-refractivity contribution in [1.29, 1.82) is 0 Å². The van der Waals surface area contributed by atoms with Crippen molar-refractivity contribution < 1.29 is 4.79 Å². The fraction of sp³-hybridized carbons (Fsp3) is 0.500. The molecule has 0 fully saturated rings. The zero-order chi connectivity index (χ0) is 14.3. The molecule has 1 aromatic carbocycles. The van der Waals surface area contributed by atoms with Crippen molar-refractivity contribution in [2.75, 3.05) is 12.0 Å². The summed E-state index contributed by atoms with van der Waals surface area (Å²) in [6, 6.07) is 7.26. The second-order valence-electron chi connectivity index (χ2n) is 4.59. The van der Waals surface area contributed by atoms with Gasteiger partial charge in [0.15, 0.2) is 0 Å². The molecular formula is C14H21ClN2OS. The van der Waals surface area contributed by atoms with Crippen molar-refractivity contribution in [1.82, 2.24) is 5.32 Å². The van der Waals surface area contributed by atoms with E-state index in [0.717, 1.165) is 16.3 Å². The first-order chi connectivity index (χ1) is 9.04. The third-order valence-corrected chi connectivity index (χ3v) is 3.86. The van der Waals surface area contributed by atoms with E-state index >= 15 is 0 Å². The Labute approximate surface area is 124 Å². The molecule has 0 saturated heterocycles. The molecule has 0 aliphatic heterocycles. The second kappa shape index (κ2) is 8.46. The van der Waals surface area contributed by atoms with Gasteiger partial charge in [0.1, 0.15) is 0 Å². The molecule has 0 aliphatic rings. The molecule has 0 spiro atoms. The lowest BCUT2D eigenvalue weighted by atomic mass is 10.1. The van der Waals surface area contributed by atoms with Crippen molar-refractivity contribution in [2.24, 2.45) is 5.73 Å². The molecule has 1 unspecified atom stereocenters. The number of amides is 1. The summed E-state index contributed by atoms with van der Waals surface area (Å²) in [6.45, 7) is 1.96. The highest BCUT2D eigenvalue weighted by molar-refractivity contribution is 7.98. The summed E-state index contributed by atoms with van der Waals surface area (Å²) in [5.41, 5.74) is 6.86. The van der Waals surface area contributed by atoms with Crippen LogP contribution in [-0.2, 0) is 11.2 Å². The van der Waals surface area contributed by atoms with Crippen LogP contribution in [0.3, 0.4) is 0 Å². The van der Waals surface area contributed by atoms with Gasteiger partial charge in [-0.05, 0) is 43.4 Å². The number of rotatable bonds is 7. The number of nitrogens with two attached hydrogens (primary N) is 1. The summed E-state index contributed by atoms with van der Waals surface area (Å²) in [5.74, 6) is 0.807. The lowest BCUT2D eigenvalue weighted by molar-refractivity contribution is -0.122. The summed E-state index contributed by atoms with van der Waals surface area (Å²) < 4.78 is 0. The minimum atomic E-state index is -0.429. The van der Waals surface area contributed by atoms with E-state index in [1.807, 2.05) is 37.4 Å². The Hall–Kier alpha value is -0.710. The molecular weight excluding hydrogens is 280 g/mol. The Morgan fingerprint density at radius 3 is 2.79 bits per heavy atom. The van der Waals surface area contributed by atoms with Gasteiger partial charge in [0.25, 0.3) is 0 Å². The van der Waals surface area contributed by atoms with Gasteiger partial charge in [-0.15, -0.1) is 0 Å². The average molecular weight is 301 g/mol. The molecule has 0 aromatic heterocycles. The lowest BCUT2D eigenvalue weighted by Crippen LogP contribution is -2.45. The van der Waals surface area contributed by atoms with Gasteiger partial charge in [-0.1, -0.05) is 29.8 Å². The van der Waals surface area contributed by atoms with Gasteiger partial charge in [0.05, 0.1) is 6.04 Å². The molecule has 0 heterocycles. The summed E-state index contributed by atoms with van der Waals surface area (Å²) in [7, 11) is 0. The third kappa shape index (κ3) is 5.85. The molecule has 3 nitrogen and oxygen atoms in total. The van der Waals surface area contributed by atoms with E-state index in [1.165, 1.54) is 0 Å². The van der Waals surface area contributed by atoms with E-state index in [1.54, 1.807) is 11.8 Å². The monoisotopic (exact) mass is 300 g/mol. The summed E-state index contributed by atoms with van der Waals surface area (Å²) >= 11 is 7.79. The standard InChI is InChI=1S/C14H21ClN2OS/c1-10(9-11-5-3-4-6-12(11)15)17-14(18)13(16)7-8-19-2/h3-6,10,13H,7-9,16H2,1-2H3,(H,17,18)/t10?,13-/m1/s1. The van der Waals surface area contributed by atoms with Crippen LogP contribution in [0.2, 0.25) is 5.02 Å². The Kier molecular flexibility index (Phi) is 7.28. The van der Waals surface area contributed by atoms with Crippen molar-refractivity contribution in [3.8, 4) is 0 Å². The predicted molar refractivity (Wildman–Crippen MR) is 83.7 cm³/mol. The van der Waals surface area contributed by atoms with Gasteiger partial charge in [-0.2, -0.15) is 11.8 Å². The van der Waals surface area contributed by atoms with E-state index in [-0.39, 0.29) is 11.9 Å². The zero-order valence-corrected chi connectivity index (χ0v) is 12.9. The third-order valence-electron chi connectivity index (χ3n) is 2.84. The van der Waals surface area contributed by atoms with Crippen molar-refractivity contribution in [3.05, 3.63) is 34.9 Å². The summed E-state index contributed by atoms with van der Waals surface area (Å²) in [5, 5.41) is 3.66. The van der Waals surface area contributed by atoms with Crippen LogP contribution in [0.15, 0.2) is 24.3 Å². The van der Waals surface area contributed by atoms with Crippen LogP contribution >= 0.6 is 23.4 Å². The van der Waals surface area contributed by atoms with E-state index in [0.29, 0.717) is 12.8 Å². The Morgan fingerprint density at radius 2 is 2.16 bits per heavy atom. The second-order valence-corrected chi connectivity index (χ2v) is 5.99. The fourth-order valence-electron chi connectivity index (χ4n) is 1.77. The Balaban J connectivity index is 2.45. The average Bonchev–Trinajstić information content (AvgIpc) is 2.38. The minimum Gasteiger partial charge on any atom is -0.352 e. The zero-order valence-electron chi connectivity index (χ0n) is 11.4. The highest BCUT2D eigenvalue weighted by Crippen LogP contribution is 2.16. The molecule has 106 valence electrons. The number of carbonyl (C=O) groups is 1. The fourth-order valence-corrected chi connectivity index (χ4v) is 2.47. The number of carbonyl (C=O) groups excluding carboxylic acids is 1. The smallest absolute Gasteiger partial charge is 0.237 e. The van der Waals surface area contributed by atoms with Gasteiger partial charge in [-0.25, -0.2) is 0 Å². The van der Waals surface area contributed by atoms with Crippen LogP contribution in [0.1, 0.15) is 18.9 Å². The minimum absolute atomic E-state index is 0.0210. The molecule has 19 heavy (non-hydrogen) atoms. The quantitative estimate of drug-likeness (QED) is 0.813. The van der Waals surface area contributed by atoms with E-state index in [2.05, 4.69) is 5.32 Å². The Morgan fingerprint density at radius 1 is 1.47 bits per heavy atom. The molecule has 1 amide bonds. The van der Waals surface area contributed by atoms with E-state index in [4.69, 9.17) is 17.3 Å². The van der Waals surface area contributed by atoms with Crippen LogP contribution < -0.4 is 11.1 Å². The molecule has 0 bridgehead atoms. The Bertz CT molecular complexity index is 414. The van der Waals surface area contributed by atoms with Gasteiger partial charge >= 0.3 is 0 Å². The number of benzene rings is 1. The highest BCUT2D eigenvalue weighted by atomic mass is 35.5. The first kappa shape index (κ1) is 16.3. The molecule has 1 rings (SSSR count). The van der Waals surface area contributed by atoms with Crippen LogP contribution in [0.5, 0.6) is 0 Å². The maximum atomic E-state index is 11.9. The summed E-state index contributed by atoms with van der Waals surface area (Å²) in [4.78, 5) is 11.9. The van der Waals surface area contributed by atoms with E-state index < -0.39 is 6.04 Å². The molecule has 3 N–H and O–H groups in total. The molecule has 5 heteroatoms. The molecule has 1 aromatic rings. The van der Waals surface area contributed by atoms with E-state index in [9.17, 15) is 4.79 Å². The van der Waals surface area contributed by atoms with Crippen molar-refractivity contribution in [2.45, 2.75) is 31.8 Å². The SMILES string of the molecule is CSCC[C@@H](N)C(=O)NC(C)Cc1ccccc1Cl. The van der Waals surface area contributed by atoms with Crippen LogP contribution in [-0.4, -0.2) is 30.0 Å². The molecule has 2 atom stereocenters. The largest absolute Gasteiger partial charge is 0.352 e. The van der Waals surface area contributed by atoms with Crippen LogP contribution in [0, 0.1) is 0 Å². The molecule has 0 aliphatic carbocycles. The first-order valence-corrected chi connectivity index (χ1v) is 8.10. The normalized spacial score (nSPS) is 13.9. The number of hydrogen-bond donors (Lipinski definition) is 2. The van der Waals surface area contributed by atoms with Gasteiger partial charge in [0, 0.05) is 11.1 Å². The number of halogens is 1. The van der Waals surface area contributed by atoms with Crippen LogP contribution in [0.4, 0.5) is 0 Å². The first-order valence-electron chi connectivity index (χ1n) is 6.33. The van der Waals surface area contributed by atoms with Crippen molar-refractivity contribution in [3.63, 3.8) is 0 Å². The molecule has 0 radical (unpaired) electrons. The number of hydrogen-bond acceptors (Lipinski definition) is 3. The predicted octanol–water partition coefficient (Wildman–Crippen LogP) is 2.47. The number of thioether (sulfide) groups is 1. The topological polar surface area (TPSA) is 55.1 Å². The summed E-state index contributed by atoms with van der Waals surface area (Å²) in [6.07, 6.45) is 3.41. The van der Waals surface area contributed by atoms with Gasteiger partial charge in [-0.3, -0.25) is 4.79 Å². The van der Waals surface area contributed by atoms with Crippen LogP contribution in [0.25, 0.3) is 0 Å². The lowest BCUT2D eigenvalue weighted by Gasteiger charge is -2.18. The molecule has 0 saturated carbocycles. The number of nitrogens with one attached hydrogen (secondary N) is 1. The van der Waals surface area contributed by atoms with Gasteiger partial charge in [0.2, 0.25) is 5.91 Å².